The van der Waals surface area contributed by atoms with Gasteiger partial charge in [-0.25, -0.2) is 4.79 Å². The van der Waals surface area contributed by atoms with Crippen LogP contribution in [0.25, 0.3) is 0 Å². The lowest BCUT2D eigenvalue weighted by atomic mass is 10.1. The SMILES string of the molecule is CCCCCC(=O)Oc1ccc(C(=O)Oc2ccc(CCCCC)cc2)cc1. The molecular formula is C24H30O4. The van der Waals surface area contributed by atoms with Crippen LogP contribution in [0.5, 0.6) is 11.5 Å². The molecular weight excluding hydrogens is 352 g/mol. The van der Waals surface area contributed by atoms with Crippen molar-refractivity contribution in [1.29, 1.82) is 0 Å². The molecule has 0 heterocycles. The molecule has 0 fully saturated rings. The van der Waals surface area contributed by atoms with Crippen LogP contribution >= 0.6 is 0 Å². The number of hydrogen-bond acceptors (Lipinski definition) is 4. The average Bonchev–Trinajstić information content (AvgIpc) is 2.70. The Morgan fingerprint density at radius 3 is 1.93 bits per heavy atom. The highest BCUT2D eigenvalue weighted by atomic mass is 16.5. The van der Waals surface area contributed by atoms with E-state index in [1.54, 1.807) is 24.3 Å². The van der Waals surface area contributed by atoms with Gasteiger partial charge >= 0.3 is 11.9 Å². The second kappa shape index (κ2) is 12.0. The van der Waals surface area contributed by atoms with Crippen LogP contribution in [-0.2, 0) is 11.2 Å². The molecule has 0 aliphatic carbocycles. The van der Waals surface area contributed by atoms with Gasteiger partial charge in [0.05, 0.1) is 5.56 Å². The first-order valence-electron chi connectivity index (χ1n) is 10.2. The number of carbonyl (C=O) groups excluding carboxylic acids is 2. The first-order valence-corrected chi connectivity index (χ1v) is 10.2. The maximum absolute atomic E-state index is 12.3. The van der Waals surface area contributed by atoms with E-state index < -0.39 is 5.97 Å². The van der Waals surface area contributed by atoms with Gasteiger partial charge in [0.1, 0.15) is 11.5 Å². The molecule has 0 radical (unpaired) electrons. The molecule has 0 saturated heterocycles. The zero-order valence-corrected chi connectivity index (χ0v) is 16.9. The summed E-state index contributed by atoms with van der Waals surface area (Å²) in [6, 6.07) is 14.1. The minimum Gasteiger partial charge on any atom is -0.427 e. The van der Waals surface area contributed by atoms with Crippen molar-refractivity contribution in [3.63, 3.8) is 0 Å². The topological polar surface area (TPSA) is 52.6 Å². The summed E-state index contributed by atoms with van der Waals surface area (Å²) in [5.41, 5.74) is 1.66. The second-order valence-corrected chi connectivity index (χ2v) is 6.95. The van der Waals surface area contributed by atoms with Gasteiger partial charge in [0.25, 0.3) is 0 Å². The summed E-state index contributed by atoms with van der Waals surface area (Å²) in [7, 11) is 0. The lowest BCUT2D eigenvalue weighted by molar-refractivity contribution is -0.134. The van der Waals surface area contributed by atoms with E-state index in [0.717, 1.165) is 25.7 Å². The third-order valence-corrected chi connectivity index (χ3v) is 4.51. The van der Waals surface area contributed by atoms with Gasteiger partial charge in [-0.1, -0.05) is 51.7 Å². The largest absolute Gasteiger partial charge is 0.427 e. The fourth-order valence-electron chi connectivity index (χ4n) is 2.83. The van der Waals surface area contributed by atoms with E-state index >= 15 is 0 Å². The quantitative estimate of drug-likeness (QED) is 0.267. The predicted molar refractivity (Wildman–Crippen MR) is 111 cm³/mol. The highest BCUT2D eigenvalue weighted by molar-refractivity contribution is 5.91. The van der Waals surface area contributed by atoms with Crippen molar-refractivity contribution in [3.05, 3.63) is 59.7 Å². The third-order valence-electron chi connectivity index (χ3n) is 4.51. The molecule has 0 aliphatic heterocycles. The van der Waals surface area contributed by atoms with Gasteiger partial charge in [0.15, 0.2) is 0 Å². The van der Waals surface area contributed by atoms with Crippen molar-refractivity contribution in [2.24, 2.45) is 0 Å². The summed E-state index contributed by atoms with van der Waals surface area (Å²) in [5.74, 6) is 0.285. The van der Waals surface area contributed by atoms with E-state index in [1.807, 2.05) is 24.3 Å². The first-order chi connectivity index (χ1) is 13.6. The summed E-state index contributed by atoms with van der Waals surface area (Å²) in [5, 5.41) is 0. The molecule has 0 spiro atoms. The number of carbonyl (C=O) groups is 2. The van der Waals surface area contributed by atoms with Crippen LogP contribution in [0.1, 0.15) is 74.7 Å². The highest BCUT2D eigenvalue weighted by Crippen LogP contribution is 2.18. The van der Waals surface area contributed by atoms with E-state index in [9.17, 15) is 9.59 Å². The van der Waals surface area contributed by atoms with Crippen LogP contribution < -0.4 is 9.47 Å². The zero-order valence-electron chi connectivity index (χ0n) is 16.9. The maximum atomic E-state index is 12.3. The lowest BCUT2D eigenvalue weighted by Gasteiger charge is -2.07. The Labute approximate surface area is 167 Å². The Bertz CT molecular complexity index is 732. The third kappa shape index (κ3) is 7.55. The van der Waals surface area contributed by atoms with Crippen LogP contribution in [0.3, 0.4) is 0 Å². The summed E-state index contributed by atoms with van der Waals surface area (Å²) in [6.45, 7) is 4.28. The van der Waals surface area contributed by atoms with Crippen LogP contribution in [0.15, 0.2) is 48.5 Å². The number of hydrogen-bond donors (Lipinski definition) is 0. The maximum Gasteiger partial charge on any atom is 0.343 e. The van der Waals surface area contributed by atoms with Gasteiger partial charge in [-0.3, -0.25) is 4.79 Å². The molecule has 0 aromatic heterocycles. The molecule has 0 N–H and O–H groups in total. The number of esters is 2. The van der Waals surface area contributed by atoms with Crippen molar-refractivity contribution in [2.45, 2.75) is 65.2 Å². The molecule has 0 bridgehead atoms. The summed E-state index contributed by atoms with van der Waals surface area (Å²) in [4.78, 5) is 24.0. The molecule has 0 amide bonds. The summed E-state index contributed by atoms with van der Waals surface area (Å²) >= 11 is 0. The minimum absolute atomic E-state index is 0.247. The zero-order chi connectivity index (χ0) is 20.2. The summed E-state index contributed by atoms with van der Waals surface area (Å²) < 4.78 is 10.7. The Balaban J connectivity index is 1.84. The van der Waals surface area contributed by atoms with Crippen molar-refractivity contribution < 1.29 is 19.1 Å². The molecule has 2 rings (SSSR count). The molecule has 0 unspecified atom stereocenters. The predicted octanol–water partition coefficient (Wildman–Crippen LogP) is 6.12. The molecule has 0 atom stereocenters. The fraction of sp³-hybridized carbons (Fsp3) is 0.417. The normalized spacial score (nSPS) is 10.5. The molecule has 0 saturated carbocycles. The summed E-state index contributed by atoms with van der Waals surface area (Å²) in [6.07, 6.45) is 7.95. The standard InChI is InChI=1S/C24H30O4/c1-3-5-7-9-19-11-15-22(16-12-19)28-24(26)20-13-17-21(18-14-20)27-23(25)10-8-6-4-2/h11-18H,3-10H2,1-2H3. The number of rotatable bonds is 11. The Morgan fingerprint density at radius 2 is 1.29 bits per heavy atom. The van der Waals surface area contributed by atoms with Gasteiger partial charge in [-0.05, 0) is 61.2 Å². The highest BCUT2D eigenvalue weighted by Gasteiger charge is 2.10. The smallest absolute Gasteiger partial charge is 0.343 e. The van der Waals surface area contributed by atoms with E-state index in [1.165, 1.54) is 24.8 Å². The minimum atomic E-state index is -0.431. The first kappa shape index (κ1) is 21.7. The van der Waals surface area contributed by atoms with Crippen LogP contribution in [0.4, 0.5) is 0 Å². The van der Waals surface area contributed by atoms with Crippen molar-refractivity contribution in [3.8, 4) is 11.5 Å². The van der Waals surface area contributed by atoms with Gasteiger partial charge in [0.2, 0.25) is 0 Å². The molecule has 2 aromatic rings. The Kier molecular flexibility index (Phi) is 9.26. The Morgan fingerprint density at radius 1 is 0.714 bits per heavy atom. The van der Waals surface area contributed by atoms with Crippen LogP contribution in [0.2, 0.25) is 0 Å². The number of aryl methyl sites for hydroxylation is 1. The number of benzene rings is 2. The van der Waals surface area contributed by atoms with Gasteiger partial charge < -0.3 is 9.47 Å². The number of unbranched alkanes of at least 4 members (excludes halogenated alkanes) is 4. The van der Waals surface area contributed by atoms with Gasteiger partial charge in [-0.15, -0.1) is 0 Å². The fourth-order valence-corrected chi connectivity index (χ4v) is 2.83. The van der Waals surface area contributed by atoms with E-state index in [0.29, 0.717) is 23.5 Å². The molecule has 0 aliphatic rings. The Hall–Kier alpha value is -2.62. The van der Waals surface area contributed by atoms with E-state index in [4.69, 9.17) is 9.47 Å². The molecule has 28 heavy (non-hydrogen) atoms. The van der Waals surface area contributed by atoms with Crippen molar-refractivity contribution >= 4 is 11.9 Å². The monoisotopic (exact) mass is 382 g/mol. The van der Waals surface area contributed by atoms with E-state index in [-0.39, 0.29) is 5.97 Å². The lowest BCUT2D eigenvalue weighted by Crippen LogP contribution is -2.10. The van der Waals surface area contributed by atoms with E-state index in [2.05, 4.69) is 13.8 Å². The molecule has 4 heteroatoms. The molecule has 150 valence electrons. The molecule has 2 aromatic carbocycles. The average molecular weight is 383 g/mol. The van der Waals surface area contributed by atoms with Crippen molar-refractivity contribution in [1.82, 2.24) is 0 Å². The number of ether oxygens (including phenoxy) is 2. The second-order valence-electron chi connectivity index (χ2n) is 6.95. The van der Waals surface area contributed by atoms with Gasteiger partial charge in [-0.2, -0.15) is 0 Å². The van der Waals surface area contributed by atoms with Crippen LogP contribution in [0, 0.1) is 0 Å². The van der Waals surface area contributed by atoms with Crippen LogP contribution in [-0.4, -0.2) is 11.9 Å². The molecule has 4 nitrogen and oxygen atoms in total. The van der Waals surface area contributed by atoms with Crippen molar-refractivity contribution in [2.75, 3.05) is 0 Å². The van der Waals surface area contributed by atoms with Gasteiger partial charge in [0, 0.05) is 6.42 Å².